The summed E-state index contributed by atoms with van der Waals surface area (Å²) in [6.07, 6.45) is 0. The van der Waals surface area contributed by atoms with E-state index in [2.05, 4.69) is 12.1 Å². The minimum Gasteiger partial charge on any atom is -0.309 e. The molecule has 0 N–H and O–H groups in total. The molecule has 0 radical (unpaired) electrons. The highest BCUT2D eigenvalue weighted by atomic mass is 15.0. The molecule has 9 aromatic rings. The normalized spacial score (nSPS) is 13.8. The van der Waals surface area contributed by atoms with Gasteiger partial charge < -0.3 is 4.57 Å². The summed E-state index contributed by atoms with van der Waals surface area (Å²) in [5.74, 6) is 1.34. The molecular weight excluding hydrogens is 597 g/mol. The summed E-state index contributed by atoms with van der Waals surface area (Å²) in [5.41, 5.74) is 5.99. The average Bonchev–Trinajstić information content (AvgIpc) is 3.61. The first-order chi connectivity index (χ1) is 28.0. The molecule has 0 unspecified atom stereocenters. The van der Waals surface area contributed by atoms with Crippen molar-refractivity contribution >= 4 is 21.8 Å². The molecule has 49 heavy (non-hydrogen) atoms. The van der Waals surface area contributed by atoms with Crippen molar-refractivity contribution in [1.29, 1.82) is 0 Å². The van der Waals surface area contributed by atoms with E-state index in [9.17, 15) is 0 Å². The van der Waals surface area contributed by atoms with Crippen molar-refractivity contribution in [1.82, 2.24) is 19.5 Å². The van der Waals surface area contributed by atoms with Crippen LogP contribution in [0.15, 0.2) is 182 Å². The number of aromatic nitrogens is 4. The van der Waals surface area contributed by atoms with Crippen LogP contribution in [0.5, 0.6) is 0 Å². The van der Waals surface area contributed by atoms with Crippen LogP contribution in [0.4, 0.5) is 0 Å². The molecule has 4 heteroatoms. The summed E-state index contributed by atoms with van der Waals surface area (Å²) in [6.45, 7) is 0. The molecule has 0 amide bonds. The standard InChI is InChI=1S/C45H30N4/c1-4-13-31(14-5-1)33-23-25-35(26-24-33)44-46-43(34-17-8-3-9-18-34)47-45(48-44)37-19-12-20-38(29-37)49-41-22-11-10-21-39(41)40-30-36(27-28-42(40)49)32-15-6-2-7-16-32/h1-30H/i2D,6D,7D,10D,11D,15D,16D,21D,22D. The maximum Gasteiger partial charge on any atom is 0.164 e. The van der Waals surface area contributed by atoms with Crippen molar-refractivity contribution in [2.45, 2.75) is 0 Å². The topological polar surface area (TPSA) is 43.6 Å². The number of para-hydroxylation sites is 1. The average molecular weight is 636 g/mol. The van der Waals surface area contributed by atoms with Gasteiger partial charge in [0.15, 0.2) is 17.5 Å². The molecule has 7 aromatic carbocycles. The molecule has 9 rings (SSSR count). The molecule has 0 bridgehead atoms. The molecule has 230 valence electrons. The van der Waals surface area contributed by atoms with E-state index in [4.69, 9.17) is 27.3 Å². The zero-order valence-electron chi connectivity index (χ0n) is 34.9. The number of nitrogens with zero attached hydrogens (tertiary/aromatic N) is 4. The van der Waals surface area contributed by atoms with Gasteiger partial charge in [-0.2, -0.15) is 0 Å². The van der Waals surface area contributed by atoms with Crippen molar-refractivity contribution in [2.24, 2.45) is 0 Å². The predicted molar refractivity (Wildman–Crippen MR) is 201 cm³/mol. The van der Waals surface area contributed by atoms with Crippen LogP contribution >= 0.6 is 0 Å². The predicted octanol–water partition coefficient (Wildman–Crippen LogP) is 11.3. The highest BCUT2D eigenvalue weighted by molar-refractivity contribution is 6.10. The van der Waals surface area contributed by atoms with Crippen molar-refractivity contribution in [3.05, 3.63) is 182 Å². The van der Waals surface area contributed by atoms with E-state index in [0.29, 0.717) is 45.2 Å². The van der Waals surface area contributed by atoms with Gasteiger partial charge in [0.1, 0.15) is 0 Å². The third kappa shape index (κ3) is 5.35. The first kappa shape index (κ1) is 20.6. The van der Waals surface area contributed by atoms with Gasteiger partial charge in [0.2, 0.25) is 0 Å². The molecule has 0 fully saturated rings. The highest BCUT2D eigenvalue weighted by Crippen LogP contribution is 2.36. The number of hydrogen-bond donors (Lipinski definition) is 0. The monoisotopic (exact) mass is 635 g/mol. The largest absolute Gasteiger partial charge is 0.309 e. The molecular formula is C45H30N4. The van der Waals surface area contributed by atoms with Gasteiger partial charge in [0.25, 0.3) is 0 Å². The van der Waals surface area contributed by atoms with Crippen molar-refractivity contribution in [2.75, 3.05) is 0 Å². The highest BCUT2D eigenvalue weighted by Gasteiger charge is 2.16. The molecule has 0 aliphatic carbocycles. The summed E-state index contributed by atoms with van der Waals surface area (Å²) in [6, 6.07) is 36.6. The minimum absolute atomic E-state index is 0.00815. The minimum atomic E-state index is -0.507. The van der Waals surface area contributed by atoms with Crippen LogP contribution in [-0.2, 0) is 0 Å². The lowest BCUT2D eigenvalue weighted by molar-refractivity contribution is 1.07. The third-order valence-corrected chi connectivity index (χ3v) is 8.47. The molecule has 4 nitrogen and oxygen atoms in total. The molecule has 0 spiro atoms. The van der Waals surface area contributed by atoms with Crippen LogP contribution in [0.2, 0.25) is 0 Å². The van der Waals surface area contributed by atoms with Crippen LogP contribution < -0.4 is 0 Å². The molecule has 0 atom stereocenters. The van der Waals surface area contributed by atoms with Crippen LogP contribution in [-0.4, -0.2) is 19.5 Å². The SMILES string of the molecule is [2H]c1c([2H])c([2H])c(-c2ccc3c(c2)c2c([2H])c([2H])c([2H])c([2H])c2n3-c2cccc(-c3nc(-c4ccccc4)nc(-c4ccc(-c5ccccc5)cc4)n3)c2)c([2H])c1[2H]. The van der Waals surface area contributed by atoms with Crippen molar-refractivity contribution < 1.29 is 12.3 Å². The van der Waals surface area contributed by atoms with Gasteiger partial charge in [0, 0.05) is 33.2 Å². The first-order valence-corrected chi connectivity index (χ1v) is 15.7. The summed E-state index contributed by atoms with van der Waals surface area (Å²) in [4.78, 5) is 14.8. The molecule has 0 saturated carbocycles. The second-order valence-electron chi connectivity index (χ2n) is 11.5. The van der Waals surface area contributed by atoms with E-state index in [0.717, 1.165) is 22.3 Å². The molecule has 2 aromatic heterocycles. The lowest BCUT2D eigenvalue weighted by Crippen LogP contribution is -2.01. The van der Waals surface area contributed by atoms with Crippen molar-refractivity contribution in [3.8, 4) is 62.1 Å². The summed E-state index contributed by atoms with van der Waals surface area (Å²) >= 11 is 0. The quantitative estimate of drug-likeness (QED) is 0.183. The molecule has 0 aliphatic rings. The zero-order chi connectivity index (χ0) is 40.4. The van der Waals surface area contributed by atoms with Gasteiger partial charge in [-0.3, -0.25) is 0 Å². The fraction of sp³-hybridized carbons (Fsp3) is 0. The fourth-order valence-corrected chi connectivity index (χ4v) is 6.12. The Labute approximate surface area is 297 Å². The van der Waals surface area contributed by atoms with E-state index in [1.165, 1.54) is 0 Å². The van der Waals surface area contributed by atoms with E-state index in [-0.39, 0.29) is 40.6 Å². The van der Waals surface area contributed by atoms with Gasteiger partial charge in [0.05, 0.1) is 23.4 Å². The summed E-state index contributed by atoms with van der Waals surface area (Å²) in [5, 5.41) is 0.651. The molecule has 0 saturated heterocycles. The fourth-order valence-electron chi connectivity index (χ4n) is 6.12. The second kappa shape index (κ2) is 12.2. The van der Waals surface area contributed by atoms with E-state index in [1.807, 2.05) is 97.1 Å². The van der Waals surface area contributed by atoms with Gasteiger partial charge >= 0.3 is 0 Å². The Morgan fingerprint density at radius 2 is 0.918 bits per heavy atom. The van der Waals surface area contributed by atoms with E-state index >= 15 is 0 Å². The third-order valence-electron chi connectivity index (χ3n) is 8.47. The van der Waals surface area contributed by atoms with Gasteiger partial charge in [-0.25, -0.2) is 15.0 Å². The number of rotatable bonds is 6. The Kier molecular flexibility index (Phi) is 5.11. The first-order valence-electron chi connectivity index (χ1n) is 20.2. The number of fused-ring (bicyclic) bond motifs is 3. The van der Waals surface area contributed by atoms with Crippen LogP contribution in [0.3, 0.4) is 0 Å². The Morgan fingerprint density at radius 1 is 0.367 bits per heavy atom. The second-order valence-corrected chi connectivity index (χ2v) is 11.5. The Bertz CT molecular complexity index is 3070. The zero-order valence-corrected chi connectivity index (χ0v) is 25.9. The summed E-state index contributed by atoms with van der Waals surface area (Å²) in [7, 11) is 0. The number of hydrogen-bond acceptors (Lipinski definition) is 3. The Balaban J connectivity index is 1.24. The van der Waals surface area contributed by atoms with E-state index in [1.54, 1.807) is 22.8 Å². The van der Waals surface area contributed by atoms with Gasteiger partial charge in [-0.05, 0) is 52.6 Å². The van der Waals surface area contributed by atoms with Gasteiger partial charge in [-0.1, -0.05) is 151 Å². The van der Waals surface area contributed by atoms with Crippen molar-refractivity contribution in [3.63, 3.8) is 0 Å². The molecule has 2 heterocycles. The maximum absolute atomic E-state index is 9.07. The lowest BCUT2D eigenvalue weighted by atomic mass is 10.0. The Morgan fingerprint density at radius 3 is 1.65 bits per heavy atom. The van der Waals surface area contributed by atoms with Crippen LogP contribution in [0, 0.1) is 0 Å². The smallest absolute Gasteiger partial charge is 0.164 e. The van der Waals surface area contributed by atoms with E-state index < -0.39 is 30.2 Å². The summed E-state index contributed by atoms with van der Waals surface area (Å²) < 4.78 is 78.7. The number of benzene rings is 7. The van der Waals surface area contributed by atoms with Crippen LogP contribution in [0.25, 0.3) is 83.9 Å². The van der Waals surface area contributed by atoms with Gasteiger partial charge in [-0.15, -0.1) is 0 Å². The molecule has 0 aliphatic heterocycles. The maximum atomic E-state index is 9.07. The van der Waals surface area contributed by atoms with Crippen LogP contribution in [0.1, 0.15) is 12.3 Å². The Hall–Kier alpha value is -6.65. The lowest BCUT2D eigenvalue weighted by Gasteiger charge is -2.12.